The van der Waals surface area contributed by atoms with Gasteiger partial charge in [-0.2, -0.15) is 0 Å². The van der Waals surface area contributed by atoms with E-state index in [0.717, 1.165) is 25.1 Å². The van der Waals surface area contributed by atoms with Crippen molar-refractivity contribution < 1.29 is 4.79 Å². The van der Waals surface area contributed by atoms with Gasteiger partial charge in [-0.1, -0.05) is 32.9 Å². The van der Waals surface area contributed by atoms with Gasteiger partial charge in [-0.15, -0.1) is 0 Å². The SMILES string of the molecule is CC.CCc1ccc2c(c1)CCN2C(C)=O. The van der Waals surface area contributed by atoms with Gasteiger partial charge in [0.1, 0.15) is 0 Å². The van der Waals surface area contributed by atoms with Crippen LogP contribution in [0, 0.1) is 0 Å². The Morgan fingerprint density at radius 3 is 2.62 bits per heavy atom. The average Bonchev–Trinajstić information content (AvgIpc) is 2.74. The highest BCUT2D eigenvalue weighted by molar-refractivity contribution is 5.93. The second-order valence-corrected chi connectivity index (χ2v) is 3.74. The van der Waals surface area contributed by atoms with E-state index in [9.17, 15) is 4.79 Å². The van der Waals surface area contributed by atoms with Gasteiger partial charge in [-0.3, -0.25) is 4.79 Å². The fourth-order valence-corrected chi connectivity index (χ4v) is 2.00. The molecule has 1 heterocycles. The van der Waals surface area contributed by atoms with Gasteiger partial charge < -0.3 is 4.90 Å². The second kappa shape index (κ2) is 5.69. The molecule has 0 aliphatic carbocycles. The number of hydrogen-bond acceptors (Lipinski definition) is 1. The van der Waals surface area contributed by atoms with E-state index in [1.807, 2.05) is 18.7 Å². The molecule has 0 radical (unpaired) electrons. The zero-order valence-corrected chi connectivity index (χ0v) is 10.7. The molecule has 0 fully saturated rings. The van der Waals surface area contributed by atoms with Gasteiger partial charge in [0.25, 0.3) is 0 Å². The number of carbonyl (C=O) groups is 1. The van der Waals surface area contributed by atoms with Crippen LogP contribution in [0.3, 0.4) is 0 Å². The Morgan fingerprint density at radius 1 is 1.38 bits per heavy atom. The van der Waals surface area contributed by atoms with Crippen molar-refractivity contribution in [3.05, 3.63) is 29.3 Å². The first-order valence-electron chi connectivity index (χ1n) is 6.12. The predicted molar refractivity (Wildman–Crippen MR) is 68.9 cm³/mol. The number of aryl methyl sites for hydroxylation is 1. The van der Waals surface area contributed by atoms with Crippen LogP contribution in [-0.4, -0.2) is 12.5 Å². The number of carbonyl (C=O) groups excluding carboxylic acids is 1. The van der Waals surface area contributed by atoms with E-state index < -0.39 is 0 Å². The molecule has 0 spiro atoms. The summed E-state index contributed by atoms with van der Waals surface area (Å²) in [4.78, 5) is 13.1. The van der Waals surface area contributed by atoms with Gasteiger partial charge in [0, 0.05) is 19.2 Å². The lowest BCUT2D eigenvalue weighted by molar-refractivity contribution is -0.116. The zero-order valence-electron chi connectivity index (χ0n) is 10.7. The maximum absolute atomic E-state index is 11.3. The lowest BCUT2D eigenvalue weighted by Crippen LogP contribution is -2.25. The van der Waals surface area contributed by atoms with E-state index in [4.69, 9.17) is 0 Å². The first-order valence-corrected chi connectivity index (χ1v) is 6.12. The van der Waals surface area contributed by atoms with Crippen molar-refractivity contribution in [2.45, 2.75) is 40.5 Å². The van der Waals surface area contributed by atoms with E-state index in [1.165, 1.54) is 11.1 Å². The summed E-state index contributed by atoms with van der Waals surface area (Å²) in [6.07, 6.45) is 2.07. The van der Waals surface area contributed by atoms with Gasteiger partial charge in [-0.05, 0) is 30.0 Å². The number of rotatable bonds is 1. The molecule has 2 nitrogen and oxygen atoms in total. The fourth-order valence-electron chi connectivity index (χ4n) is 2.00. The molecule has 2 heteroatoms. The summed E-state index contributed by atoms with van der Waals surface area (Å²) in [5.41, 5.74) is 3.78. The minimum absolute atomic E-state index is 0.146. The van der Waals surface area contributed by atoms with Crippen LogP contribution in [-0.2, 0) is 17.6 Å². The first-order chi connectivity index (χ1) is 7.72. The molecule has 88 valence electrons. The normalized spacial score (nSPS) is 12.9. The molecule has 1 aromatic rings. The molecule has 1 aliphatic rings. The molecule has 0 bridgehead atoms. The van der Waals surface area contributed by atoms with Crippen molar-refractivity contribution in [2.75, 3.05) is 11.4 Å². The maximum atomic E-state index is 11.3. The largest absolute Gasteiger partial charge is 0.312 e. The lowest BCUT2D eigenvalue weighted by Gasteiger charge is -2.14. The molecule has 0 saturated carbocycles. The van der Waals surface area contributed by atoms with Crippen molar-refractivity contribution in [1.29, 1.82) is 0 Å². The van der Waals surface area contributed by atoms with Crippen LogP contribution in [0.2, 0.25) is 0 Å². The minimum Gasteiger partial charge on any atom is -0.312 e. The summed E-state index contributed by atoms with van der Waals surface area (Å²) in [6, 6.07) is 6.40. The topological polar surface area (TPSA) is 20.3 Å². The molecule has 2 rings (SSSR count). The van der Waals surface area contributed by atoms with E-state index in [-0.39, 0.29) is 5.91 Å². The average molecular weight is 219 g/mol. The molecule has 0 unspecified atom stereocenters. The van der Waals surface area contributed by atoms with Crippen molar-refractivity contribution in [3.8, 4) is 0 Å². The van der Waals surface area contributed by atoms with Crippen LogP contribution in [0.15, 0.2) is 18.2 Å². The van der Waals surface area contributed by atoms with E-state index in [0.29, 0.717) is 0 Å². The smallest absolute Gasteiger partial charge is 0.223 e. The van der Waals surface area contributed by atoms with Gasteiger partial charge in [0.2, 0.25) is 5.91 Å². The highest BCUT2D eigenvalue weighted by atomic mass is 16.2. The molecule has 0 saturated heterocycles. The quantitative estimate of drug-likeness (QED) is 0.710. The molecule has 0 N–H and O–H groups in total. The summed E-state index contributed by atoms with van der Waals surface area (Å²) >= 11 is 0. The third-order valence-corrected chi connectivity index (χ3v) is 2.83. The number of benzene rings is 1. The number of amides is 1. The molecule has 0 atom stereocenters. The number of nitrogens with zero attached hydrogens (tertiary/aromatic N) is 1. The monoisotopic (exact) mass is 219 g/mol. The van der Waals surface area contributed by atoms with Crippen LogP contribution in [0.4, 0.5) is 5.69 Å². The van der Waals surface area contributed by atoms with Crippen molar-refractivity contribution in [1.82, 2.24) is 0 Å². The summed E-state index contributed by atoms with van der Waals surface area (Å²) in [7, 11) is 0. The van der Waals surface area contributed by atoms with E-state index in [1.54, 1.807) is 6.92 Å². The molecule has 1 aliphatic heterocycles. The Kier molecular flexibility index (Phi) is 4.53. The van der Waals surface area contributed by atoms with Gasteiger partial charge in [0.05, 0.1) is 0 Å². The molecule has 16 heavy (non-hydrogen) atoms. The predicted octanol–water partition coefficient (Wildman–Crippen LogP) is 3.18. The fraction of sp³-hybridized carbons (Fsp3) is 0.500. The van der Waals surface area contributed by atoms with Gasteiger partial charge in [-0.25, -0.2) is 0 Å². The maximum Gasteiger partial charge on any atom is 0.223 e. The third-order valence-electron chi connectivity index (χ3n) is 2.83. The molecule has 0 aromatic heterocycles. The first kappa shape index (κ1) is 12.8. The minimum atomic E-state index is 0.146. The molecule has 1 aromatic carbocycles. The molecule has 1 amide bonds. The van der Waals surface area contributed by atoms with Gasteiger partial charge >= 0.3 is 0 Å². The lowest BCUT2D eigenvalue weighted by atomic mass is 10.1. The van der Waals surface area contributed by atoms with E-state index in [2.05, 4.69) is 25.1 Å². The van der Waals surface area contributed by atoms with Crippen LogP contribution in [0.1, 0.15) is 38.8 Å². The van der Waals surface area contributed by atoms with Crippen molar-refractivity contribution in [3.63, 3.8) is 0 Å². The Morgan fingerprint density at radius 2 is 2.06 bits per heavy atom. The highest BCUT2D eigenvalue weighted by Crippen LogP contribution is 2.28. The standard InChI is InChI=1S/C12H15NO.C2H6/c1-3-10-4-5-12-11(8-10)6-7-13(12)9(2)14;1-2/h4-5,8H,3,6-7H2,1-2H3;1-2H3. The number of hydrogen-bond donors (Lipinski definition) is 0. The Hall–Kier alpha value is -1.31. The number of fused-ring (bicyclic) bond motifs is 1. The summed E-state index contributed by atoms with van der Waals surface area (Å²) in [5, 5.41) is 0. The highest BCUT2D eigenvalue weighted by Gasteiger charge is 2.21. The Balaban J connectivity index is 0.000000606. The summed E-state index contributed by atoms with van der Waals surface area (Å²) in [6.45, 7) is 8.63. The third kappa shape index (κ3) is 2.43. The summed E-state index contributed by atoms with van der Waals surface area (Å²) in [5.74, 6) is 0.146. The molecular weight excluding hydrogens is 198 g/mol. The van der Waals surface area contributed by atoms with Crippen LogP contribution < -0.4 is 4.90 Å². The van der Waals surface area contributed by atoms with Crippen LogP contribution in [0.25, 0.3) is 0 Å². The van der Waals surface area contributed by atoms with Crippen LogP contribution in [0.5, 0.6) is 0 Å². The number of anilines is 1. The Labute approximate surface area is 98.3 Å². The molecular formula is C14H21NO. The van der Waals surface area contributed by atoms with Crippen molar-refractivity contribution in [2.24, 2.45) is 0 Å². The summed E-state index contributed by atoms with van der Waals surface area (Å²) < 4.78 is 0. The zero-order chi connectivity index (χ0) is 12.1. The van der Waals surface area contributed by atoms with Crippen LogP contribution >= 0.6 is 0 Å². The second-order valence-electron chi connectivity index (χ2n) is 3.74. The van der Waals surface area contributed by atoms with E-state index >= 15 is 0 Å². The van der Waals surface area contributed by atoms with Crippen molar-refractivity contribution >= 4 is 11.6 Å². The van der Waals surface area contributed by atoms with Gasteiger partial charge in [0.15, 0.2) is 0 Å². The Bertz CT molecular complexity index is 371.